The van der Waals surface area contributed by atoms with Crippen molar-refractivity contribution in [2.75, 3.05) is 13.6 Å². The van der Waals surface area contributed by atoms with Crippen molar-refractivity contribution in [3.05, 3.63) is 35.5 Å². The van der Waals surface area contributed by atoms with Crippen LogP contribution in [-0.4, -0.2) is 25.7 Å². The second-order valence-electron chi connectivity index (χ2n) is 5.11. The Balaban J connectivity index is 2.11. The molecular formula is C15H24N2. The van der Waals surface area contributed by atoms with E-state index in [4.69, 9.17) is 0 Å². The standard InChI is InChI=1S/C15H24N2/c1-12-6-5-7-13(10-9-12)15(16-2)14-8-3-4-11-17-14/h5,7,9-10,14-17H,3-4,6,8,11H2,1-2H3. The predicted octanol–water partition coefficient (Wildman–Crippen LogP) is 2.55. The van der Waals surface area contributed by atoms with Gasteiger partial charge in [-0.2, -0.15) is 0 Å². The van der Waals surface area contributed by atoms with E-state index in [-0.39, 0.29) is 0 Å². The van der Waals surface area contributed by atoms with E-state index in [1.54, 1.807) is 0 Å². The van der Waals surface area contributed by atoms with Gasteiger partial charge in [-0.25, -0.2) is 0 Å². The van der Waals surface area contributed by atoms with Gasteiger partial charge >= 0.3 is 0 Å². The van der Waals surface area contributed by atoms with Gasteiger partial charge in [0.1, 0.15) is 0 Å². The lowest BCUT2D eigenvalue weighted by atomic mass is 9.92. The van der Waals surface area contributed by atoms with Crippen LogP contribution in [0.4, 0.5) is 0 Å². The van der Waals surface area contributed by atoms with Crippen molar-refractivity contribution in [2.24, 2.45) is 0 Å². The zero-order valence-electron chi connectivity index (χ0n) is 11.0. The summed E-state index contributed by atoms with van der Waals surface area (Å²) in [6.07, 6.45) is 14.1. The molecule has 0 aromatic heterocycles. The maximum Gasteiger partial charge on any atom is 0.0473 e. The molecule has 1 fully saturated rings. The summed E-state index contributed by atoms with van der Waals surface area (Å²) in [4.78, 5) is 0. The Morgan fingerprint density at radius 1 is 1.35 bits per heavy atom. The van der Waals surface area contributed by atoms with Gasteiger partial charge in [0.15, 0.2) is 0 Å². The fraction of sp³-hybridized carbons (Fsp3) is 0.600. The van der Waals surface area contributed by atoms with E-state index in [1.807, 2.05) is 0 Å². The van der Waals surface area contributed by atoms with Crippen molar-refractivity contribution in [1.29, 1.82) is 0 Å². The molecule has 0 bridgehead atoms. The van der Waals surface area contributed by atoms with Gasteiger partial charge in [-0.05, 0) is 45.4 Å². The average Bonchev–Trinajstić information content (AvgIpc) is 2.57. The molecule has 0 spiro atoms. The number of piperidine rings is 1. The summed E-state index contributed by atoms with van der Waals surface area (Å²) in [5.74, 6) is 0. The van der Waals surface area contributed by atoms with Crippen LogP contribution in [0.3, 0.4) is 0 Å². The highest BCUT2D eigenvalue weighted by Gasteiger charge is 2.23. The SMILES string of the molecule is CNC(C1=CC=C(C)CC=C1)C1CCCCN1. The number of rotatable bonds is 3. The molecule has 1 heterocycles. The maximum absolute atomic E-state index is 3.64. The van der Waals surface area contributed by atoms with Gasteiger partial charge in [0.25, 0.3) is 0 Å². The van der Waals surface area contributed by atoms with Gasteiger partial charge in [-0.15, -0.1) is 0 Å². The van der Waals surface area contributed by atoms with Crippen LogP contribution < -0.4 is 10.6 Å². The zero-order valence-corrected chi connectivity index (χ0v) is 11.0. The fourth-order valence-electron chi connectivity index (χ4n) is 2.71. The van der Waals surface area contributed by atoms with Crippen molar-refractivity contribution >= 4 is 0 Å². The number of nitrogens with one attached hydrogen (secondary N) is 2. The Morgan fingerprint density at radius 2 is 2.24 bits per heavy atom. The topological polar surface area (TPSA) is 24.1 Å². The Kier molecular flexibility index (Phi) is 4.57. The number of hydrogen-bond acceptors (Lipinski definition) is 2. The first-order valence-electron chi connectivity index (χ1n) is 6.76. The molecule has 0 radical (unpaired) electrons. The third-order valence-corrected chi connectivity index (χ3v) is 3.73. The highest BCUT2D eigenvalue weighted by Crippen LogP contribution is 2.19. The second kappa shape index (κ2) is 6.18. The van der Waals surface area contributed by atoms with Gasteiger partial charge < -0.3 is 10.6 Å². The molecule has 17 heavy (non-hydrogen) atoms. The normalized spacial score (nSPS) is 27.1. The molecule has 0 aromatic rings. The monoisotopic (exact) mass is 232 g/mol. The number of hydrogen-bond donors (Lipinski definition) is 2. The van der Waals surface area contributed by atoms with Crippen molar-refractivity contribution in [1.82, 2.24) is 10.6 Å². The van der Waals surface area contributed by atoms with E-state index < -0.39 is 0 Å². The molecule has 2 nitrogen and oxygen atoms in total. The Hall–Kier alpha value is -0.860. The molecule has 1 aliphatic carbocycles. The van der Waals surface area contributed by atoms with E-state index in [9.17, 15) is 0 Å². The van der Waals surface area contributed by atoms with Crippen LogP contribution in [0.1, 0.15) is 32.6 Å². The van der Waals surface area contributed by atoms with Crippen LogP contribution in [0.25, 0.3) is 0 Å². The summed E-state index contributed by atoms with van der Waals surface area (Å²) >= 11 is 0. The van der Waals surface area contributed by atoms with Crippen LogP contribution in [0.5, 0.6) is 0 Å². The Morgan fingerprint density at radius 3 is 2.94 bits per heavy atom. The fourth-order valence-corrected chi connectivity index (χ4v) is 2.71. The van der Waals surface area contributed by atoms with Gasteiger partial charge in [0, 0.05) is 12.1 Å². The maximum atomic E-state index is 3.64. The van der Waals surface area contributed by atoms with E-state index in [0.29, 0.717) is 12.1 Å². The van der Waals surface area contributed by atoms with Crippen molar-refractivity contribution in [2.45, 2.75) is 44.7 Å². The lowest BCUT2D eigenvalue weighted by Crippen LogP contribution is -2.49. The van der Waals surface area contributed by atoms with Crippen LogP contribution >= 0.6 is 0 Å². The van der Waals surface area contributed by atoms with E-state index >= 15 is 0 Å². The predicted molar refractivity (Wildman–Crippen MR) is 74.1 cm³/mol. The summed E-state index contributed by atoms with van der Waals surface area (Å²) in [6, 6.07) is 1.02. The lowest BCUT2D eigenvalue weighted by Gasteiger charge is -2.32. The van der Waals surface area contributed by atoms with Crippen molar-refractivity contribution in [3.63, 3.8) is 0 Å². The molecule has 2 unspecified atom stereocenters. The van der Waals surface area contributed by atoms with Gasteiger partial charge in [0.2, 0.25) is 0 Å². The highest BCUT2D eigenvalue weighted by atomic mass is 15.0. The molecule has 0 aromatic carbocycles. The smallest absolute Gasteiger partial charge is 0.0473 e. The van der Waals surface area contributed by atoms with Gasteiger partial charge in [-0.3, -0.25) is 0 Å². The van der Waals surface area contributed by atoms with E-state index in [1.165, 1.54) is 30.4 Å². The molecule has 2 atom stereocenters. The minimum Gasteiger partial charge on any atom is -0.312 e. The molecule has 94 valence electrons. The lowest BCUT2D eigenvalue weighted by molar-refractivity contribution is 0.348. The van der Waals surface area contributed by atoms with E-state index in [2.05, 4.69) is 48.9 Å². The second-order valence-corrected chi connectivity index (χ2v) is 5.11. The minimum absolute atomic E-state index is 0.439. The Bertz CT molecular complexity index is 333. The third kappa shape index (κ3) is 3.30. The molecule has 0 saturated carbocycles. The van der Waals surface area contributed by atoms with Gasteiger partial charge in [-0.1, -0.05) is 36.3 Å². The highest BCUT2D eigenvalue weighted by molar-refractivity contribution is 5.35. The van der Waals surface area contributed by atoms with Gasteiger partial charge in [0.05, 0.1) is 0 Å². The first kappa shape index (κ1) is 12.6. The zero-order chi connectivity index (χ0) is 12.1. The molecule has 2 aliphatic rings. The van der Waals surface area contributed by atoms with Crippen molar-refractivity contribution < 1.29 is 0 Å². The van der Waals surface area contributed by atoms with Crippen LogP contribution in [0.15, 0.2) is 35.5 Å². The largest absolute Gasteiger partial charge is 0.312 e. The summed E-state index contributed by atoms with van der Waals surface area (Å²) in [5, 5.41) is 7.11. The summed E-state index contributed by atoms with van der Waals surface area (Å²) < 4.78 is 0. The molecule has 2 heteroatoms. The summed E-state index contributed by atoms with van der Waals surface area (Å²) in [5.41, 5.74) is 2.84. The minimum atomic E-state index is 0.439. The summed E-state index contributed by atoms with van der Waals surface area (Å²) in [6.45, 7) is 3.35. The van der Waals surface area contributed by atoms with E-state index in [0.717, 1.165) is 13.0 Å². The quantitative estimate of drug-likeness (QED) is 0.781. The third-order valence-electron chi connectivity index (χ3n) is 3.73. The first-order valence-corrected chi connectivity index (χ1v) is 6.76. The van der Waals surface area contributed by atoms with Crippen LogP contribution in [-0.2, 0) is 0 Å². The first-order chi connectivity index (χ1) is 8.31. The molecule has 2 rings (SSSR count). The summed E-state index contributed by atoms with van der Waals surface area (Å²) in [7, 11) is 2.07. The molecule has 2 N–H and O–H groups in total. The van der Waals surface area contributed by atoms with Crippen molar-refractivity contribution in [3.8, 4) is 0 Å². The molecule has 1 saturated heterocycles. The Labute approximate surface area is 105 Å². The number of likely N-dealkylation sites (N-methyl/N-ethyl adjacent to an activating group) is 1. The number of allylic oxidation sites excluding steroid dienone is 4. The molecule has 0 amide bonds. The molecular weight excluding hydrogens is 208 g/mol. The average molecular weight is 232 g/mol. The molecule has 1 aliphatic heterocycles. The van der Waals surface area contributed by atoms with Crippen LogP contribution in [0.2, 0.25) is 0 Å². The van der Waals surface area contributed by atoms with Crippen LogP contribution in [0, 0.1) is 0 Å².